The van der Waals surface area contributed by atoms with Crippen molar-refractivity contribution >= 4 is 17.6 Å². The van der Waals surface area contributed by atoms with E-state index in [4.69, 9.17) is 16.7 Å². The Morgan fingerprint density at radius 2 is 2.19 bits per heavy atom. The molecule has 1 aliphatic carbocycles. The average molecular weight is 243 g/mol. The van der Waals surface area contributed by atoms with Crippen molar-refractivity contribution in [1.82, 2.24) is 0 Å². The van der Waals surface area contributed by atoms with E-state index in [1.165, 1.54) is 12.1 Å². The molecule has 1 aliphatic rings. The Kier molecular flexibility index (Phi) is 3.15. The molecule has 0 heterocycles. The lowest BCUT2D eigenvalue weighted by atomic mass is 9.73. The average Bonchev–Trinajstić information content (AvgIpc) is 2.15. The third kappa shape index (κ3) is 2.05. The highest BCUT2D eigenvalue weighted by atomic mass is 35.5. The van der Waals surface area contributed by atoms with Crippen LogP contribution in [0.3, 0.4) is 0 Å². The molecule has 0 saturated heterocycles. The fraction of sp³-hybridized carbons (Fsp3) is 0.417. The summed E-state index contributed by atoms with van der Waals surface area (Å²) in [6.07, 6.45) is 2.87. The van der Waals surface area contributed by atoms with E-state index in [1.54, 1.807) is 6.07 Å². The number of carboxylic acid groups (broad SMARTS) is 1. The number of hydrogen-bond donors (Lipinski definition) is 1. The molecule has 2 rings (SSSR count). The van der Waals surface area contributed by atoms with Gasteiger partial charge in [-0.3, -0.25) is 4.79 Å². The highest BCUT2D eigenvalue weighted by Gasteiger charge is 2.34. The van der Waals surface area contributed by atoms with Gasteiger partial charge in [-0.1, -0.05) is 24.1 Å². The van der Waals surface area contributed by atoms with Crippen molar-refractivity contribution in [3.63, 3.8) is 0 Å². The fourth-order valence-corrected chi connectivity index (χ4v) is 2.21. The summed E-state index contributed by atoms with van der Waals surface area (Å²) >= 11 is 5.57. The molecular formula is C12H12ClFO2. The Morgan fingerprint density at radius 3 is 2.62 bits per heavy atom. The molecular weight excluding hydrogens is 231 g/mol. The van der Waals surface area contributed by atoms with Gasteiger partial charge in [-0.25, -0.2) is 4.39 Å². The standard InChI is InChI=1S/C12H12ClFO2/c13-9-5-4-8(6-10(9)14)11(12(15)16)7-2-1-3-7/h4-7,11H,1-3H2,(H,15,16). The molecule has 0 aromatic heterocycles. The Labute approximate surface area is 98.0 Å². The minimum absolute atomic E-state index is 0.0292. The van der Waals surface area contributed by atoms with Crippen LogP contribution in [0.2, 0.25) is 5.02 Å². The second-order valence-electron chi connectivity index (χ2n) is 4.18. The number of halogens is 2. The smallest absolute Gasteiger partial charge is 0.311 e. The van der Waals surface area contributed by atoms with Gasteiger partial charge in [0.2, 0.25) is 0 Å². The molecule has 2 nitrogen and oxygen atoms in total. The predicted molar refractivity (Wildman–Crippen MR) is 59.1 cm³/mol. The van der Waals surface area contributed by atoms with E-state index in [0.717, 1.165) is 19.3 Å². The van der Waals surface area contributed by atoms with Crippen LogP contribution in [0.5, 0.6) is 0 Å². The zero-order valence-electron chi connectivity index (χ0n) is 8.62. The van der Waals surface area contributed by atoms with E-state index < -0.39 is 17.7 Å². The summed E-state index contributed by atoms with van der Waals surface area (Å²) in [6, 6.07) is 4.25. The molecule has 4 heteroatoms. The van der Waals surface area contributed by atoms with E-state index >= 15 is 0 Å². The van der Waals surface area contributed by atoms with Gasteiger partial charge < -0.3 is 5.11 Å². The lowest BCUT2D eigenvalue weighted by Gasteiger charge is -2.31. The van der Waals surface area contributed by atoms with E-state index in [9.17, 15) is 9.18 Å². The van der Waals surface area contributed by atoms with Crippen LogP contribution in [0.25, 0.3) is 0 Å². The van der Waals surface area contributed by atoms with Crippen LogP contribution < -0.4 is 0 Å². The number of carbonyl (C=O) groups is 1. The minimum Gasteiger partial charge on any atom is -0.481 e. The zero-order valence-corrected chi connectivity index (χ0v) is 9.38. The summed E-state index contributed by atoms with van der Waals surface area (Å²) in [5, 5.41) is 9.20. The van der Waals surface area contributed by atoms with Crippen LogP contribution in [0, 0.1) is 11.7 Å². The number of benzene rings is 1. The topological polar surface area (TPSA) is 37.3 Å². The van der Waals surface area contributed by atoms with Gasteiger partial charge in [-0.05, 0) is 36.5 Å². The molecule has 1 atom stereocenters. The quantitative estimate of drug-likeness (QED) is 0.882. The van der Waals surface area contributed by atoms with Crippen LogP contribution in [-0.2, 0) is 4.79 Å². The molecule has 1 fully saturated rings. The number of rotatable bonds is 3. The summed E-state index contributed by atoms with van der Waals surface area (Å²) in [5.41, 5.74) is 0.513. The van der Waals surface area contributed by atoms with Crippen LogP contribution in [-0.4, -0.2) is 11.1 Å². The maximum atomic E-state index is 13.3. The first kappa shape index (κ1) is 11.4. The van der Waals surface area contributed by atoms with Gasteiger partial charge >= 0.3 is 5.97 Å². The first-order valence-electron chi connectivity index (χ1n) is 5.27. The van der Waals surface area contributed by atoms with Gasteiger partial charge in [-0.15, -0.1) is 0 Å². The van der Waals surface area contributed by atoms with Crippen molar-refractivity contribution in [1.29, 1.82) is 0 Å². The van der Waals surface area contributed by atoms with Crippen molar-refractivity contribution < 1.29 is 14.3 Å². The molecule has 16 heavy (non-hydrogen) atoms. The zero-order chi connectivity index (χ0) is 11.7. The molecule has 0 bridgehead atoms. The van der Waals surface area contributed by atoms with Gasteiger partial charge in [0, 0.05) is 0 Å². The van der Waals surface area contributed by atoms with Crippen LogP contribution in [0.15, 0.2) is 18.2 Å². The van der Waals surface area contributed by atoms with Crippen molar-refractivity contribution in [3.8, 4) is 0 Å². The second kappa shape index (κ2) is 4.42. The normalized spacial score (nSPS) is 17.9. The van der Waals surface area contributed by atoms with Crippen molar-refractivity contribution in [2.24, 2.45) is 5.92 Å². The van der Waals surface area contributed by atoms with E-state index in [1.807, 2.05) is 0 Å². The molecule has 1 saturated carbocycles. The predicted octanol–water partition coefficient (Wildman–Crippen LogP) is 3.45. The third-order valence-electron chi connectivity index (χ3n) is 3.19. The second-order valence-corrected chi connectivity index (χ2v) is 4.59. The molecule has 1 aromatic carbocycles. The van der Waals surface area contributed by atoms with Crippen LogP contribution >= 0.6 is 11.6 Å². The Balaban J connectivity index is 2.31. The minimum atomic E-state index is -0.883. The van der Waals surface area contributed by atoms with Crippen molar-refractivity contribution in [2.75, 3.05) is 0 Å². The third-order valence-corrected chi connectivity index (χ3v) is 3.50. The molecule has 1 aromatic rings. The monoisotopic (exact) mass is 242 g/mol. The highest BCUT2D eigenvalue weighted by molar-refractivity contribution is 6.30. The Morgan fingerprint density at radius 1 is 1.50 bits per heavy atom. The lowest BCUT2D eigenvalue weighted by Crippen LogP contribution is -2.26. The summed E-state index contributed by atoms with van der Waals surface area (Å²) in [6.45, 7) is 0. The highest BCUT2D eigenvalue weighted by Crippen LogP contribution is 2.40. The van der Waals surface area contributed by atoms with Crippen molar-refractivity contribution in [2.45, 2.75) is 25.2 Å². The molecule has 1 unspecified atom stereocenters. The molecule has 0 aliphatic heterocycles. The van der Waals surface area contributed by atoms with Gasteiger partial charge in [0.05, 0.1) is 10.9 Å². The van der Waals surface area contributed by atoms with Gasteiger partial charge in [0.1, 0.15) is 5.82 Å². The van der Waals surface area contributed by atoms with Gasteiger partial charge in [0.15, 0.2) is 0 Å². The first-order valence-corrected chi connectivity index (χ1v) is 5.65. The molecule has 0 radical (unpaired) electrons. The fourth-order valence-electron chi connectivity index (χ4n) is 2.10. The van der Waals surface area contributed by atoms with E-state index in [0.29, 0.717) is 5.56 Å². The molecule has 0 amide bonds. The Bertz CT molecular complexity index is 415. The number of carboxylic acids is 1. The summed E-state index contributed by atoms with van der Waals surface area (Å²) < 4.78 is 13.3. The Hall–Kier alpha value is -1.09. The van der Waals surface area contributed by atoms with Crippen LogP contribution in [0.1, 0.15) is 30.7 Å². The summed E-state index contributed by atoms with van der Waals surface area (Å²) in [4.78, 5) is 11.2. The summed E-state index contributed by atoms with van der Waals surface area (Å²) in [7, 11) is 0. The van der Waals surface area contributed by atoms with Crippen molar-refractivity contribution in [3.05, 3.63) is 34.6 Å². The largest absolute Gasteiger partial charge is 0.481 e. The molecule has 0 spiro atoms. The molecule has 1 N–H and O–H groups in total. The molecule has 86 valence electrons. The number of hydrogen-bond acceptors (Lipinski definition) is 1. The lowest BCUT2D eigenvalue weighted by molar-refractivity contribution is -0.141. The maximum absolute atomic E-state index is 13.3. The first-order chi connectivity index (χ1) is 7.59. The maximum Gasteiger partial charge on any atom is 0.311 e. The van der Waals surface area contributed by atoms with Gasteiger partial charge in [0.25, 0.3) is 0 Å². The number of aliphatic carboxylic acids is 1. The van der Waals surface area contributed by atoms with Crippen LogP contribution in [0.4, 0.5) is 4.39 Å². The van der Waals surface area contributed by atoms with Gasteiger partial charge in [-0.2, -0.15) is 0 Å². The van der Waals surface area contributed by atoms with E-state index in [-0.39, 0.29) is 10.9 Å². The SMILES string of the molecule is O=C(O)C(c1ccc(Cl)c(F)c1)C1CCC1. The summed E-state index contributed by atoms with van der Waals surface area (Å²) in [5.74, 6) is -1.89. The van der Waals surface area contributed by atoms with E-state index in [2.05, 4.69) is 0 Å².